The van der Waals surface area contributed by atoms with Crippen LogP contribution in [0.1, 0.15) is 26.7 Å². The minimum absolute atomic E-state index is 0.0752. The third-order valence-corrected chi connectivity index (χ3v) is 4.94. The Hall–Kier alpha value is -2.61. The molecule has 0 fully saturated rings. The quantitative estimate of drug-likeness (QED) is 0.603. The van der Waals surface area contributed by atoms with Crippen molar-refractivity contribution in [3.05, 3.63) is 46.8 Å². The summed E-state index contributed by atoms with van der Waals surface area (Å²) >= 11 is 1.31. The number of hydrogen-bond donors (Lipinski definition) is 1. The van der Waals surface area contributed by atoms with Crippen molar-refractivity contribution in [3.63, 3.8) is 0 Å². The number of aromatic amines is 1. The lowest BCUT2D eigenvalue weighted by atomic mass is 10.2. The van der Waals surface area contributed by atoms with E-state index in [1.807, 2.05) is 35.2 Å². The van der Waals surface area contributed by atoms with Crippen LogP contribution < -0.4 is 5.56 Å². The zero-order valence-corrected chi connectivity index (χ0v) is 16.3. The summed E-state index contributed by atoms with van der Waals surface area (Å²) < 4.78 is 1.54. The van der Waals surface area contributed by atoms with E-state index < -0.39 is 0 Å². The molecule has 0 aliphatic carbocycles. The van der Waals surface area contributed by atoms with Gasteiger partial charge in [0.2, 0.25) is 5.91 Å². The highest BCUT2D eigenvalue weighted by Gasteiger charge is 2.16. The first-order valence-electron chi connectivity index (χ1n) is 9.08. The van der Waals surface area contributed by atoms with E-state index in [1.54, 1.807) is 0 Å². The van der Waals surface area contributed by atoms with E-state index in [1.165, 1.54) is 22.3 Å². The molecule has 0 atom stereocenters. The molecule has 3 rings (SSSR count). The second-order valence-corrected chi connectivity index (χ2v) is 7.12. The highest BCUT2D eigenvalue weighted by Crippen LogP contribution is 2.21. The van der Waals surface area contributed by atoms with Gasteiger partial charge in [-0.05, 0) is 12.8 Å². The average Bonchev–Trinajstić information content (AvgIpc) is 3.06. The van der Waals surface area contributed by atoms with Crippen molar-refractivity contribution in [2.75, 3.05) is 18.8 Å². The van der Waals surface area contributed by atoms with Gasteiger partial charge in [0.1, 0.15) is 0 Å². The van der Waals surface area contributed by atoms with Crippen LogP contribution in [-0.2, 0) is 4.79 Å². The molecule has 8 heteroatoms. The number of nitrogens with one attached hydrogen (secondary N) is 1. The predicted molar refractivity (Wildman–Crippen MR) is 107 cm³/mol. The van der Waals surface area contributed by atoms with E-state index in [0.29, 0.717) is 16.6 Å². The number of nitrogens with zero attached hydrogens (tertiary/aromatic N) is 4. The number of carbonyl (C=O) groups excluding carboxylic acids is 1. The third kappa shape index (κ3) is 4.57. The molecule has 0 radical (unpaired) electrons. The summed E-state index contributed by atoms with van der Waals surface area (Å²) in [4.78, 5) is 35.3. The van der Waals surface area contributed by atoms with Crippen LogP contribution in [0.3, 0.4) is 0 Å². The van der Waals surface area contributed by atoms with E-state index in [9.17, 15) is 9.59 Å². The second kappa shape index (κ2) is 8.85. The SMILES string of the molecule is CCCN(CCC)C(=O)CSc1nc(-c2ccccc2)nc2cc(=O)[nH]n12. The molecule has 142 valence electrons. The second-order valence-electron chi connectivity index (χ2n) is 6.18. The minimum atomic E-state index is -0.249. The van der Waals surface area contributed by atoms with Crippen molar-refractivity contribution in [1.29, 1.82) is 0 Å². The Kier molecular flexibility index (Phi) is 6.28. The molecule has 0 aliphatic rings. The molecule has 0 saturated heterocycles. The zero-order valence-electron chi connectivity index (χ0n) is 15.5. The molecule has 0 aliphatic heterocycles. The van der Waals surface area contributed by atoms with Gasteiger partial charge < -0.3 is 4.90 Å². The predicted octanol–water partition coefficient (Wildman–Crippen LogP) is 2.83. The van der Waals surface area contributed by atoms with Crippen LogP contribution in [0.5, 0.6) is 0 Å². The standard InChI is InChI=1S/C19H23N5O2S/c1-3-10-23(11-4-2)17(26)13-27-19-21-18(14-8-6-5-7-9-14)20-15-12-16(25)22-24(15)19/h5-9,12H,3-4,10-11,13H2,1-2H3,(H,22,25). The molecular formula is C19H23N5O2S. The number of H-pyrrole nitrogens is 1. The van der Waals surface area contributed by atoms with E-state index in [0.717, 1.165) is 31.5 Å². The fourth-order valence-corrected chi connectivity index (χ4v) is 3.67. The monoisotopic (exact) mass is 385 g/mol. The fourth-order valence-electron chi connectivity index (χ4n) is 2.82. The molecule has 3 aromatic rings. The van der Waals surface area contributed by atoms with Crippen LogP contribution in [0.2, 0.25) is 0 Å². The van der Waals surface area contributed by atoms with Crippen molar-refractivity contribution in [2.24, 2.45) is 0 Å². The minimum Gasteiger partial charge on any atom is -0.342 e. The van der Waals surface area contributed by atoms with Gasteiger partial charge in [-0.25, -0.2) is 14.5 Å². The van der Waals surface area contributed by atoms with E-state index in [4.69, 9.17) is 0 Å². The van der Waals surface area contributed by atoms with Gasteiger partial charge in [0.05, 0.1) is 5.75 Å². The van der Waals surface area contributed by atoms with Crippen molar-refractivity contribution < 1.29 is 4.79 Å². The maximum Gasteiger partial charge on any atom is 0.266 e. The van der Waals surface area contributed by atoms with E-state index >= 15 is 0 Å². The highest BCUT2D eigenvalue weighted by atomic mass is 32.2. The van der Waals surface area contributed by atoms with Gasteiger partial charge in [0.15, 0.2) is 16.6 Å². The van der Waals surface area contributed by atoms with Crippen LogP contribution in [0, 0.1) is 0 Å². The Morgan fingerprint density at radius 2 is 1.85 bits per heavy atom. The maximum atomic E-state index is 12.6. The van der Waals surface area contributed by atoms with Crippen molar-refractivity contribution in [2.45, 2.75) is 31.8 Å². The van der Waals surface area contributed by atoms with Crippen LogP contribution in [0.25, 0.3) is 17.0 Å². The van der Waals surface area contributed by atoms with Crippen molar-refractivity contribution in [1.82, 2.24) is 24.5 Å². The van der Waals surface area contributed by atoms with Crippen LogP contribution >= 0.6 is 11.8 Å². The lowest BCUT2D eigenvalue weighted by Crippen LogP contribution is -2.33. The first-order chi connectivity index (χ1) is 13.1. The number of rotatable bonds is 8. The van der Waals surface area contributed by atoms with Crippen LogP contribution in [0.15, 0.2) is 46.3 Å². The maximum absolute atomic E-state index is 12.6. The smallest absolute Gasteiger partial charge is 0.266 e. The van der Waals surface area contributed by atoms with Gasteiger partial charge in [-0.2, -0.15) is 0 Å². The summed E-state index contributed by atoms with van der Waals surface area (Å²) in [5.74, 6) is 0.871. The highest BCUT2D eigenvalue weighted by molar-refractivity contribution is 7.99. The lowest BCUT2D eigenvalue weighted by Gasteiger charge is -2.21. The first kappa shape index (κ1) is 19.2. The molecule has 27 heavy (non-hydrogen) atoms. The van der Waals surface area contributed by atoms with E-state index in [-0.39, 0.29) is 17.2 Å². The molecule has 1 amide bonds. The molecule has 1 N–H and O–H groups in total. The van der Waals surface area contributed by atoms with E-state index in [2.05, 4.69) is 28.9 Å². The molecule has 0 unspecified atom stereocenters. The number of amides is 1. The topological polar surface area (TPSA) is 83.4 Å². The summed E-state index contributed by atoms with van der Waals surface area (Å²) in [7, 11) is 0. The Balaban J connectivity index is 1.89. The Morgan fingerprint density at radius 1 is 1.15 bits per heavy atom. The number of fused-ring (bicyclic) bond motifs is 1. The zero-order chi connectivity index (χ0) is 19.2. The molecule has 1 aromatic carbocycles. The normalized spacial score (nSPS) is 11.0. The number of benzene rings is 1. The summed E-state index contributed by atoms with van der Waals surface area (Å²) in [6.45, 7) is 5.63. The number of carbonyl (C=O) groups is 1. The Bertz CT molecular complexity index is 961. The summed E-state index contributed by atoms with van der Waals surface area (Å²) in [6, 6.07) is 11.0. The Labute approximate surface area is 161 Å². The summed E-state index contributed by atoms with van der Waals surface area (Å²) in [6.07, 6.45) is 1.86. The van der Waals surface area contributed by atoms with Crippen LogP contribution in [-0.4, -0.2) is 49.2 Å². The molecular weight excluding hydrogens is 362 g/mol. The molecule has 2 heterocycles. The number of aromatic nitrogens is 4. The number of thioether (sulfide) groups is 1. The lowest BCUT2D eigenvalue weighted by molar-refractivity contribution is -0.128. The van der Waals surface area contributed by atoms with Gasteiger partial charge in [-0.15, -0.1) is 0 Å². The first-order valence-corrected chi connectivity index (χ1v) is 10.1. The van der Waals surface area contributed by atoms with Crippen LogP contribution in [0.4, 0.5) is 0 Å². The van der Waals surface area contributed by atoms with Gasteiger partial charge in [0, 0.05) is 24.7 Å². The van der Waals surface area contributed by atoms with Crippen molar-refractivity contribution >= 4 is 23.3 Å². The Morgan fingerprint density at radius 3 is 2.52 bits per heavy atom. The molecule has 0 saturated carbocycles. The number of hydrogen-bond acceptors (Lipinski definition) is 5. The molecule has 2 aromatic heterocycles. The van der Waals surface area contributed by atoms with Gasteiger partial charge in [-0.3, -0.25) is 14.7 Å². The van der Waals surface area contributed by atoms with Gasteiger partial charge in [0.25, 0.3) is 5.56 Å². The fraction of sp³-hybridized carbons (Fsp3) is 0.368. The molecule has 0 spiro atoms. The molecule has 7 nitrogen and oxygen atoms in total. The third-order valence-electron chi connectivity index (χ3n) is 4.02. The summed E-state index contributed by atoms with van der Waals surface area (Å²) in [5, 5.41) is 3.24. The summed E-state index contributed by atoms with van der Waals surface area (Å²) in [5.41, 5.74) is 1.10. The van der Waals surface area contributed by atoms with Crippen molar-refractivity contribution in [3.8, 4) is 11.4 Å². The van der Waals surface area contributed by atoms with Gasteiger partial charge >= 0.3 is 0 Å². The van der Waals surface area contributed by atoms with Gasteiger partial charge in [-0.1, -0.05) is 55.9 Å². The average molecular weight is 385 g/mol. The largest absolute Gasteiger partial charge is 0.342 e. The molecule has 0 bridgehead atoms.